The van der Waals surface area contributed by atoms with Crippen molar-refractivity contribution >= 4 is 9.52 Å². The third-order valence-electron chi connectivity index (χ3n) is 2.71. The standard InChI is InChI=1S/C9H21NOSi/c1-9(12-8-4-6-10)5-2-3-7-11-9/h2-8,10,12H2,1H3. The maximum absolute atomic E-state index is 5.83. The molecular weight excluding hydrogens is 166 g/mol. The molecule has 0 aromatic rings. The molecule has 1 aliphatic rings. The first-order valence-corrected chi connectivity index (χ1v) is 6.82. The third-order valence-corrected chi connectivity index (χ3v) is 5.18. The molecule has 0 aromatic heterocycles. The Bertz CT molecular complexity index is 124. The Labute approximate surface area is 77.7 Å². The van der Waals surface area contributed by atoms with Gasteiger partial charge in [-0.2, -0.15) is 0 Å². The maximum Gasteiger partial charge on any atom is 0.0591 e. The summed E-state index contributed by atoms with van der Waals surface area (Å²) in [4.78, 5) is 0. The second kappa shape index (κ2) is 4.99. The van der Waals surface area contributed by atoms with E-state index in [4.69, 9.17) is 10.5 Å². The summed E-state index contributed by atoms with van der Waals surface area (Å²) in [7, 11) is -0.0441. The first-order valence-electron chi connectivity index (χ1n) is 5.11. The zero-order valence-corrected chi connectivity index (χ0v) is 9.56. The van der Waals surface area contributed by atoms with E-state index in [0.717, 1.165) is 13.2 Å². The molecule has 0 saturated carbocycles. The van der Waals surface area contributed by atoms with Crippen LogP contribution in [0.25, 0.3) is 0 Å². The van der Waals surface area contributed by atoms with Gasteiger partial charge in [0.2, 0.25) is 0 Å². The first kappa shape index (κ1) is 10.2. The van der Waals surface area contributed by atoms with Gasteiger partial charge in [0.05, 0.1) is 9.52 Å². The van der Waals surface area contributed by atoms with Crippen LogP contribution in [0.3, 0.4) is 0 Å². The summed E-state index contributed by atoms with van der Waals surface area (Å²) in [6, 6.07) is 1.35. The zero-order valence-electron chi connectivity index (χ0n) is 8.14. The van der Waals surface area contributed by atoms with Gasteiger partial charge in [-0.05, 0) is 39.2 Å². The fraction of sp³-hybridized carbons (Fsp3) is 1.00. The summed E-state index contributed by atoms with van der Waals surface area (Å²) in [5, 5.41) is 0.313. The molecule has 2 nitrogen and oxygen atoms in total. The van der Waals surface area contributed by atoms with Gasteiger partial charge in [-0.1, -0.05) is 6.04 Å². The van der Waals surface area contributed by atoms with Crippen molar-refractivity contribution in [2.75, 3.05) is 13.2 Å². The van der Waals surface area contributed by atoms with E-state index in [-0.39, 0.29) is 9.52 Å². The van der Waals surface area contributed by atoms with Gasteiger partial charge in [-0.25, -0.2) is 0 Å². The molecule has 12 heavy (non-hydrogen) atoms. The van der Waals surface area contributed by atoms with Crippen LogP contribution >= 0.6 is 0 Å². The molecule has 1 rings (SSSR count). The Balaban J connectivity index is 2.17. The van der Waals surface area contributed by atoms with E-state index in [1.165, 1.54) is 31.7 Å². The summed E-state index contributed by atoms with van der Waals surface area (Å²) in [6.07, 6.45) is 5.13. The van der Waals surface area contributed by atoms with Gasteiger partial charge in [0.25, 0.3) is 0 Å². The molecule has 0 amide bonds. The minimum Gasteiger partial charge on any atom is -0.379 e. The second-order valence-electron chi connectivity index (χ2n) is 4.00. The van der Waals surface area contributed by atoms with Crippen molar-refractivity contribution in [3.8, 4) is 0 Å². The van der Waals surface area contributed by atoms with Gasteiger partial charge in [0.1, 0.15) is 0 Å². The van der Waals surface area contributed by atoms with Crippen LogP contribution in [-0.2, 0) is 4.74 Å². The number of hydrogen-bond donors (Lipinski definition) is 1. The number of rotatable bonds is 4. The summed E-state index contributed by atoms with van der Waals surface area (Å²) in [5.74, 6) is 0. The van der Waals surface area contributed by atoms with E-state index in [9.17, 15) is 0 Å². The molecule has 0 spiro atoms. The highest BCUT2D eigenvalue weighted by Crippen LogP contribution is 2.24. The van der Waals surface area contributed by atoms with Crippen molar-refractivity contribution in [1.82, 2.24) is 0 Å². The van der Waals surface area contributed by atoms with Crippen LogP contribution in [0, 0.1) is 0 Å². The Morgan fingerprint density at radius 2 is 2.33 bits per heavy atom. The molecule has 3 heteroatoms. The predicted molar refractivity (Wildman–Crippen MR) is 55.2 cm³/mol. The van der Waals surface area contributed by atoms with Gasteiger partial charge in [0.15, 0.2) is 0 Å². The SMILES string of the molecule is CC1([SiH2]CCCN)CCCCO1. The zero-order chi connectivity index (χ0) is 8.86. The lowest BCUT2D eigenvalue weighted by molar-refractivity contribution is -0.00732. The van der Waals surface area contributed by atoms with E-state index >= 15 is 0 Å². The van der Waals surface area contributed by atoms with Gasteiger partial charge in [-0.15, -0.1) is 0 Å². The summed E-state index contributed by atoms with van der Waals surface area (Å²) < 4.78 is 5.83. The van der Waals surface area contributed by atoms with E-state index < -0.39 is 0 Å². The first-order chi connectivity index (χ1) is 5.77. The van der Waals surface area contributed by atoms with E-state index in [1.807, 2.05) is 0 Å². The van der Waals surface area contributed by atoms with Crippen molar-refractivity contribution < 1.29 is 4.74 Å². The normalized spacial score (nSPS) is 31.5. The molecule has 1 fully saturated rings. The molecule has 0 bridgehead atoms. The van der Waals surface area contributed by atoms with Gasteiger partial charge in [-0.3, -0.25) is 0 Å². The molecule has 1 saturated heterocycles. The Morgan fingerprint density at radius 3 is 2.92 bits per heavy atom. The van der Waals surface area contributed by atoms with Crippen LogP contribution in [0.1, 0.15) is 32.6 Å². The van der Waals surface area contributed by atoms with Crippen molar-refractivity contribution in [3.05, 3.63) is 0 Å². The largest absolute Gasteiger partial charge is 0.379 e. The van der Waals surface area contributed by atoms with Gasteiger partial charge in [0, 0.05) is 11.8 Å². The van der Waals surface area contributed by atoms with Crippen molar-refractivity contribution in [3.63, 3.8) is 0 Å². The minimum atomic E-state index is -0.0441. The maximum atomic E-state index is 5.83. The fourth-order valence-corrected chi connectivity index (χ4v) is 3.91. The Kier molecular flexibility index (Phi) is 4.25. The summed E-state index contributed by atoms with van der Waals surface area (Å²) in [6.45, 7) is 4.14. The molecule has 72 valence electrons. The number of nitrogens with two attached hydrogens (primary N) is 1. The molecule has 1 aliphatic heterocycles. The number of hydrogen-bond acceptors (Lipinski definition) is 2. The van der Waals surface area contributed by atoms with Crippen LogP contribution in [-0.4, -0.2) is 27.9 Å². The average molecular weight is 187 g/mol. The van der Waals surface area contributed by atoms with E-state index in [0.29, 0.717) is 5.22 Å². The lowest BCUT2D eigenvalue weighted by atomic mass is 10.1. The highest BCUT2D eigenvalue weighted by molar-refractivity contribution is 6.39. The van der Waals surface area contributed by atoms with Crippen molar-refractivity contribution in [1.29, 1.82) is 0 Å². The van der Waals surface area contributed by atoms with E-state index in [1.54, 1.807) is 0 Å². The molecule has 0 radical (unpaired) electrons. The lowest BCUT2D eigenvalue weighted by Crippen LogP contribution is -2.39. The topological polar surface area (TPSA) is 35.2 Å². The second-order valence-corrected chi connectivity index (χ2v) is 6.70. The monoisotopic (exact) mass is 187 g/mol. The highest BCUT2D eigenvalue weighted by atomic mass is 28.2. The molecular formula is C9H21NOSi. The smallest absolute Gasteiger partial charge is 0.0591 e. The fourth-order valence-electron chi connectivity index (χ4n) is 1.83. The Morgan fingerprint density at radius 1 is 1.50 bits per heavy atom. The van der Waals surface area contributed by atoms with E-state index in [2.05, 4.69) is 6.92 Å². The van der Waals surface area contributed by atoms with Crippen LogP contribution in [0.2, 0.25) is 6.04 Å². The molecule has 1 atom stereocenters. The highest BCUT2D eigenvalue weighted by Gasteiger charge is 2.26. The molecule has 0 aromatic carbocycles. The average Bonchev–Trinajstić information content (AvgIpc) is 2.06. The lowest BCUT2D eigenvalue weighted by Gasteiger charge is -2.33. The molecule has 0 aliphatic carbocycles. The predicted octanol–water partition coefficient (Wildman–Crippen LogP) is 0.839. The van der Waals surface area contributed by atoms with Crippen LogP contribution in [0.5, 0.6) is 0 Å². The van der Waals surface area contributed by atoms with Crippen LogP contribution < -0.4 is 5.73 Å². The van der Waals surface area contributed by atoms with Crippen LogP contribution in [0.4, 0.5) is 0 Å². The molecule has 1 unspecified atom stereocenters. The summed E-state index contributed by atoms with van der Waals surface area (Å²) >= 11 is 0. The quantitative estimate of drug-likeness (QED) is 0.523. The van der Waals surface area contributed by atoms with Crippen LogP contribution in [0.15, 0.2) is 0 Å². The van der Waals surface area contributed by atoms with Crippen molar-refractivity contribution in [2.24, 2.45) is 5.73 Å². The number of ether oxygens (including phenoxy) is 1. The Hall–Kier alpha value is 0.137. The van der Waals surface area contributed by atoms with Crippen molar-refractivity contribution in [2.45, 2.75) is 43.9 Å². The van der Waals surface area contributed by atoms with Gasteiger partial charge < -0.3 is 10.5 Å². The third kappa shape index (κ3) is 3.25. The van der Waals surface area contributed by atoms with Gasteiger partial charge >= 0.3 is 0 Å². The minimum absolute atomic E-state index is 0.0441. The molecule has 2 N–H and O–H groups in total. The molecule has 1 heterocycles. The summed E-state index contributed by atoms with van der Waals surface area (Å²) in [5.41, 5.74) is 5.47.